The molecule has 2 atom stereocenters. The Bertz CT molecular complexity index is 1010. The molecule has 0 saturated carbocycles. The van der Waals surface area contributed by atoms with Gasteiger partial charge in [-0.15, -0.1) is 0 Å². The summed E-state index contributed by atoms with van der Waals surface area (Å²) in [6.07, 6.45) is 3.40. The normalized spacial score (nSPS) is 14.7. The van der Waals surface area contributed by atoms with Gasteiger partial charge in [0.2, 0.25) is 10.0 Å². The maximum Gasteiger partial charge on any atom is 0.211 e. The number of aliphatic hydroxyl groups is 1. The number of hydrogen-bond acceptors (Lipinski definition) is 3. The van der Waals surface area contributed by atoms with Gasteiger partial charge in [-0.25, -0.2) is 8.42 Å². The minimum absolute atomic E-state index is 0.111. The fourth-order valence-corrected chi connectivity index (χ4v) is 5.09. The SMILES string of the molecule is CCCC(CC)CN(CC(O)Cn1c2ccccc2c2ccccc21)S(C)(=O)=O. The summed E-state index contributed by atoms with van der Waals surface area (Å²) in [6, 6.07) is 16.3. The van der Waals surface area contributed by atoms with Crippen molar-refractivity contribution >= 4 is 31.8 Å². The summed E-state index contributed by atoms with van der Waals surface area (Å²) >= 11 is 0. The number of aliphatic hydroxyl groups excluding tert-OH is 1. The van der Waals surface area contributed by atoms with Crippen molar-refractivity contribution in [3.05, 3.63) is 48.5 Å². The van der Waals surface area contributed by atoms with E-state index in [1.165, 1.54) is 10.6 Å². The number of aromatic nitrogens is 1. The van der Waals surface area contributed by atoms with Gasteiger partial charge in [0.15, 0.2) is 0 Å². The van der Waals surface area contributed by atoms with Gasteiger partial charge in [0.25, 0.3) is 0 Å². The van der Waals surface area contributed by atoms with Crippen LogP contribution in [-0.2, 0) is 16.6 Å². The highest BCUT2D eigenvalue weighted by atomic mass is 32.2. The average molecular weight is 417 g/mol. The molecule has 5 nitrogen and oxygen atoms in total. The first-order valence-corrected chi connectivity index (χ1v) is 12.3. The van der Waals surface area contributed by atoms with Crippen molar-refractivity contribution in [2.75, 3.05) is 19.3 Å². The number of benzene rings is 2. The van der Waals surface area contributed by atoms with Gasteiger partial charge in [-0.1, -0.05) is 63.1 Å². The van der Waals surface area contributed by atoms with Crippen LogP contribution in [0.2, 0.25) is 0 Å². The van der Waals surface area contributed by atoms with Crippen molar-refractivity contribution in [3.8, 4) is 0 Å². The summed E-state index contributed by atoms with van der Waals surface area (Å²) in [6.45, 7) is 5.14. The van der Waals surface area contributed by atoms with E-state index in [9.17, 15) is 13.5 Å². The van der Waals surface area contributed by atoms with Crippen molar-refractivity contribution in [1.29, 1.82) is 0 Å². The number of rotatable bonds is 10. The quantitative estimate of drug-likeness (QED) is 0.538. The zero-order chi connectivity index (χ0) is 21.0. The molecule has 1 heterocycles. The van der Waals surface area contributed by atoms with Gasteiger partial charge in [-0.3, -0.25) is 0 Å². The van der Waals surface area contributed by atoms with E-state index in [1.54, 1.807) is 0 Å². The molecule has 29 heavy (non-hydrogen) atoms. The van der Waals surface area contributed by atoms with Gasteiger partial charge >= 0.3 is 0 Å². The molecule has 0 fully saturated rings. The Hall–Kier alpha value is -1.89. The monoisotopic (exact) mass is 416 g/mol. The van der Waals surface area contributed by atoms with Crippen molar-refractivity contribution in [2.24, 2.45) is 5.92 Å². The largest absolute Gasteiger partial charge is 0.390 e. The summed E-state index contributed by atoms with van der Waals surface area (Å²) in [5, 5.41) is 13.1. The first-order valence-electron chi connectivity index (χ1n) is 10.4. The van der Waals surface area contributed by atoms with Crippen LogP contribution in [-0.4, -0.2) is 47.8 Å². The van der Waals surface area contributed by atoms with Gasteiger partial charge < -0.3 is 9.67 Å². The van der Waals surface area contributed by atoms with E-state index in [-0.39, 0.29) is 6.54 Å². The summed E-state index contributed by atoms with van der Waals surface area (Å²) in [4.78, 5) is 0. The molecule has 3 aromatic rings. The number of hydrogen-bond donors (Lipinski definition) is 1. The second kappa shape index (κ2) is 9.28. The summed E-state index contributed by atoms with van der Waals surface area (Å²) in [7, 11) is -3.38. The maximum absolute atomic E-state index is 12.4. The van der Waals surface area contributed by atoms with Crippen LogP contribution < -0.4 is 0 Å². The van der Waals surface area contributed by atoms with E-state index < -0.39 is 16.1 Å². The Morgan fingerprint density at radius 2 is 1.52 bits per heavy atom. The number of sulfonamides is 1. The Kier molecular flexibility index (Phi) is 6.98. The van der Waals surface area contributed by atoms with Crippen LogP contribution in [0.1, 0.15) is 33.1 Å². The molecule has 0 aliphatic rings. The molecule has 158 valence electrons. The first kappa shape index (κ1) is 21.8. The van der Waals surface area contributed by atoms with E-state index in [4.69, 9.17) is 0 Å². The molecule has 2 aromatic carbocycles. The molecule has 0 aliphatic carbocycles. The third kappa shape index (κ3) is 5.00. The van der Waals surface area contributed by atoms with E-state index in [1.807, 2.05) is 36.4 Å². The van der Waals surface area contributed by atoms with Crippen LogP contribution in [0.25, 0.3) is 21.8 Å². The molecule has 0 spiro atoms. The van der Waals surface area contributed by atoms with Crippen LogP contribution in [0.3, 0.4) is 0 Å². The van der Waals surface area contributed by atoms with Crippen molar-refractivity contribution in [3.63, 3.8) is 0 Å². The summed E-state index contributed by atoms with van der Waals surface area (Å²) < 4.78 is 28.3. The molecule has 0 bridgehead atoms. The number of para-hydroxylation sites is 2. The van der Waals surface area contributed by atoms with Gasteiger partial charge in [0.05, 0.1) is 18.9 Å². The molecule has 0 amide bonds. The highest BCUT2D eigenvalue weighted by molar-refractivity contribution is 7.88. The minimum atomic E-state index is -3.38. The lowest BCUT2D eigenvalue weighted by molar-refractivity contribution is 0.124. The molecule has 0 aliphatic heterocycles. The molecule has 0 radical (unpaired) electrons. The molecular formula is C23H32N2O3S. The molecule has 2 unspecified atom stereocenters. The molecule has 6 heteroatoms. The third-order valence-corrected chi connectivity index (χ3v) is 6.93. The highest BCUT2D eigenvalue weighted by Crippen LogP contribution is 2.29. The van der Waals surface area contributed by atoms with E-state index in [0.717, 1.165) is 41.1 Å². The van der Waals surface area contributed by atoms with Crippen molar-refractivity contribution < 1.29 is 13.5 Å². The van der Waals surface area contributed by atoms with E-state index >= 15 is 0 Å². The second-order valence-corrected chi connectivity index (χ2v) is 9.92. The van der Waals surface area contributed by atoms with Gasteiger partial charge in [-0.2, -0.15) is 4.31 Å². The highest BCUT2D eigenvalue weighted by Gasteiger charge is 2.24. The summed E-state index contributed by atoms with van der Waals surface area (Å²) in [5.74, 6) is 0.315. The lowest BCUT2D eigenvalue weighted by Gasteiger charge is -2.27. The molecular weight excluding hydrogens is 384 g/mol. The molecule has 1 N–H and O–H groups in total. The predicted octanol–water partition coefficient (Wildman–Crippen LogP) is 4.24. The Balaban J connectivity index is 1.86. The predicted molar refractivity (Wildman–Crippen MR) is 121 cm³/mol. The van der Waals surface area contributed by atoms with Gasteiger partial charge in [0.1, 0.15) is 0 Å². The molecule has 3 rings (SSSR count). The number of fused-ring (bicyclic) bond motifs is 3. The first-order chi connectivity index (χ1) is 13.8. The van der Waals surface area contributed by atoms with E-state index in [0.29, 0.717) is 19.0 Å². The van der Waals surface area contributed by atoms with Crippen LogP contribution in [0.4, 0.5) is 0 Å². The lowest BCUT2D eigenvalue weighted by atomic mass is 10.0. The van der Waals surface area contributed by atoms with Crippen molar-refractivity contribution in [2.45, 2.75) is 45.8 Å². The van der Waals surface area contributed by atoms with Crippen LogP contribution in [0.5, 0.6) is 0 Å². The average Bonchev–Trinajstić information content (AvgIpc) is 3.00. The van der Waals surface area contributed by atoms with Gasteiger partial charge in [0, 0.05) is 34.9 Å². The van der Waals surface area contributed by atoms with Crippen LogP contribution in [0.15, 0.2) is 48.5 Å². The van der Waals surface area contributed by atoms with Gasteiger partial charge in [-0.05, 0) is 24.5 Å². The lowest BCUT2D eigenvalue weighted by Crippen LogP contribution is -2.41. The third-order valence-electron chi connectivity index (χ3n) is 5.69. The zero-order valence-electron chi connectivity index (χ0n) is 17.6. The zero-order valence-corrected chi connectivity index (χ0v) is 18.4. The fourth-order valence-electron chi connectivity index (χ4n) is 4.17. The summed E-state index contributed by atoms with van der Waals surface area (Å²) in [5.41, 5.74) is 2.10. The standard InChI is InChI=1S/C23H32N2O3S/c1-4-10-18(5-2)15-24(29(3,27)28)16-19(26)17-25-22-13-8-6-11-20(22)21-12-7-9-14-23(21)25/h6-9,11-14,18-19,26H,4-5,10,15-17H2,1-3H3. The Morgan fingerprint density at radius 1 is 0.966 bits per heavy atom. The van der Waals surface area contributed by atoms with E-state index in [2.05, 4.69) is 30.5 Å². The minimum Gasteiger partial charge on any atom is -0.390 e. The smallest absolute Gasteiger partial charge is 0.211 e. The fraction of sp³-hybridized carbons (Fsp3) is 0.478. The van der Waals surface area contributed by atoms with Crippen LogP contribution in [0, 0.1) is 5.92 Å². The molecule has 1 aromatic heterocycles. The van der Waals surface area contributed by atoms with Crippen LogP contribution >= 0.6 is 0 Å². The number of nitrogens with zero attached hydrogens (tertiary/aromatic N) is 2. The Morgan fingerprint density at radius 3 is 2.00 bits per heavy atom. The van der Waals surface area contributed by atoms with Crippen molar-refractivity contribution in [1.82, 2.24) is 8.87 Å². The Labute approximate surface area is 174 Å². The second-order valence-electron chi connectivity index (χ2n) is 7.94. The molecule has 0 saturated heterocycles. The maximum atomic E-state index is 12.4. The topological polar surface area (TPSA) is 62.5 Å².